The van der Waals surface area contributed by atoms with E-state index in [2.05, 4.69) is 11.5 Å². The van der Waals surface area contributed by atoms with Crippen molar-refractivity contribution in [3.05, 3.63) is 18.7 Å². The second kappa shape index (κ2) is 11.0. The average molecular weight is 333 g/mol. The molecule has 0 spiro atoms. The van der Waals surface area contributed by atoms with Crippen molar-refractivity contribution < 1.29 is 31.4 Å². The van der Waals surface area contributed by atoms with Crippen molar-refractivity contribution >= 4 is 5.97 Å². The van der Waals surface area contributed by atoms with Gasteiger partial charge in [-0.25, -0.2) is 9.13 Å². The van der Waals surface area contributed by atoms with E-state index in [0.717, 1.165) is 6.54 Å². The molecule has 1 rings (SSSR count). The lowest BCUT2D eigenvalue weighted by atomic mass is 10.1. The Bertz CT molecular complexity index is 353. The van der Waals surface area contributed by atoms with E-state index < -0.39 is 5.97 Å². The average Bonchev–Trinajstić information content (AvgIpc) is 2.79. The molecule has 4 nitrogen and oxygen atoms in total. The number of aromatic nitrogens is 2. The van der Waals surface area contributed by atoms with Gasteiger partial charge in [0.2, 0.25) is 6.33 Å². The number of halogens is 1. The van der Waals surface area contributed by atoms with Crippen LogP contribution in [0.1, 0.15) is 51.9 Å². The van der Waals surface area contributed by atoms with Crippen LogP contribution in [-0.4, -0.2) is 15.6 Å². The van der Waals surface area contributed by atoms with Gasteiger partial charge in [-0.3, -0.25) is 4.79 Å². The van der Waals surface area contributed by atoms with Crippen LogP contribution in [0.5, 0.6) is 0 Å². The van der Waals surface area contributed by atoms with Crippen molar-refractivity contribution in [2.75, 3.05) is 0 Å². The van der Waals surface area contributed by atoms with Gasteiger partial charge in [-0.2, -0.15) is 0 Å². The monoisotopic (exact) mass is 332 g/mol. The number of aliphatic carboxylic acids is 1. The number of rotatable bonds is 10. The van der Waals surface area contributed by atoms with Crippen LogP contribution in [0.2, 0.25) is 0 Å². The van der Waals surface area contributed by atoms with Crippen LogP contribution in [0.25, 0.3) is 0 Å². The molecule has 1 N–H and O–H groups in total. The Kier molecular flexibility index (Phi) is 10.5. The molecule has 1 heterocycles. The molecule has 1 aromatic heterocycles. The first-order valence-corrected chi connectivity index (χ1v) is 6.99. The molecule has 0 aromatic carbocycles. The van der Waals surface area contributed by atoms with E-state index in [4.69, 9.17) is 5.11 Å². The molecule has 19 heavy (non-hydrogen) atoms. The van der Waals surface area contributed by atoms with Gasteiger partial charge in [-0.05, 0) is 12.8 Å². The topological polar surface area (TPSA) is 46.1 Å². The number of carboxylic acids is 1. The van der Waals surface area contributed by atoms with Crippen LogP contribution in [0.3, 0.4) is 0 Å². The number of hydrogen-bond donors (Lipinski definition) is 1. The lowest BCUT2D eigenvalue weighted by molar-refractivity contribution is -0.696. The highest BCUT2D eigenvalue weighted by Gasteiger charge is 2.05. The molecular formula is C14H25BrN2O2. The molecule has 0 atom stereocenters. The molecule has 0 amide bonds. The van der Waals surface area contributed by atoms with Crippen LogP contribution >= 0.6 is 0 Å². The number of hydrogen-bond acceptors (Lipinski definition) is 1. The molecule has 0 aliphatic rings. The molecule has 5 heteroatoms. The Morgan fingerprint density at radius 3 is 2.58 bits per heavy atom. The van der Waals surface area contributed by atoms with Gasteiger partial charge in [0.05, 0.1) is 13.0 Å². The molecule has 0 bridgehead atoms. The number of unbranched alkanes of at least 4 members (excludes halogenated alkanes) is 5. The predicted molar refractivity (Wildman–Crippen MR) is 70.3 cm³/mol. The molecule has 0 saturated carbocycles. The van der Waals surface area contributed by atoms with Gasteiger partial charge in [-0.15, -0.1) is 0 Å². The maximum absolute atomic E-state index is 10.5. The molecule has 0 aliphatic heterocycles. The molecule has 110 valence electrons. The van der Waals surface area contributed by atoms with Crippen LogP contribution in [0.4, 0.5) is 0 Å². The molecule has 1 aromatic rings. The summed E-state index contributed by atoms with van der Waals surface area (Å²) in [6.45, 7) is 3.82. The summed E-state index contributed by atoms with van der Waals surface area (Å²) in [7, 11) is 0. The van der Waals surface area contributed by atoms with Crippen molar-refractivity contribution in [3.63, 3.8) is 0 Å². The fourth-order valence-electron chi connectivity index (χ4n) is 2.00. The fourth-order valence-corrected chi connectivity index (χ4v) is 2.00. The lowest BCUT2D eigenvalue weighted by Gasteiger charge is -1.98. The van der Waals surface area contributed by atoms with E-state index in [-0.39, 0.29) is 23.4 Å². The minimum Gasteiger partial charge on any atom is -1.00 e. The maximum Gasteiger partial charge on any atom is 0.307 e. The Balaban J connectivity index is 0.00000324. The molecule has 0 radical (unpaired) electrons. The second-order valence-electron chi connectivity index (χ2n) is 4.80. The minimum absolute atomic E-state index is 0. The van der Waals surface area contributed by atoms with Gasteiger partial charge < -0.3 is 22.1 Å². The summed E-state index contributed by atoms with van der Waals surface area (Å²) in [5.74, 6) is -0.744. The molecule has 0 unspecified atom stereocenters. The summed E-state index contributed by atoms with van der Waals surface area (Å²) in [4.78, 5) is 10.5. The van der Waals surface area contributed by atoms with Crippen molar-refractivity contribution in [1.29, 1.82) is 0 Å². The maximum atomic E-state index is 10.5. The first-order chi connectivity index (χ1) is 8.72. The molecule has 0 saturated heterocycles. The zero-order valence-electron chi connectivity index (χ0n) is 11.7. The highest BCUT2D eigenvalue weighted by atomic mass is 79.9. The first-order valence-electron chi connectivity index (χ1n) is 6.99. The Morgan fingerprint density at radius 1 is 1.21 bits per heavy atom. The summed E-state index contributed by atoms with van der Waals surface area (Å²) in [5.41, 5.74) is 0. The predicted octanol–water partition coefficient (Wildman–Crippen LogP) is -0.385. The van der Waals surface area contributed by atoms with E-state index in [1.165, 1.54) is 38.5 Å². The number of carbonyl (C=O) groups is 1. The highest BCUT2D eigenvalue weighted by Crippen LogP contribution is 2.04. The summed E-state index contributed by atoms with van der Waals surface area (Å²) in [5, 5.41) is 8.61. The molecule has 0 fully saturated rings. The van der Waals surface area contributed by atoms with Crippen molar-refractivity contribution in [2.45, 2.75) is 65.0 Å². The van der Waals surface area contributed by atoms with Gasteiger partial charge in [0, 0.05) is 0 Å². The quantitative estimate of drug-likeness (QED) is 0.469. The molecular weight excluding hydrogens is 308 g/mol. The number of imidazole rings is 1. The smallest absolute Gasteiger partial charge is 0.307 e. The third-order valence-corrected chi connectivity index (χ3v) is 3.10. The SMILES string of the molecule is CCCCCCCC[n+]1ccn(CCC(=O)O)c1.[Br-]. The van der Waals surface area contributed by atoms with Crippen LogP contribution in [0.15, 0.2) is 18.7 Å². The van der Waals surface area contributed by atoms with Crippen molar-refractivity contribution in [1.82, 2.24) is 4.57 Å². The van der Waals surface area contributed by atoms with Gasteiger partial charge in [0.1, 0.15) is 18.9 Å². The van der Waals surface area contributed by atoms with Crippen LogP contribution < -0.4 is 21.5 Å². The first kappa shape index (κ1) is 18.2. The number of aryl methyl sites for hydroxylation is 2. The molecule has 0 aliphatic carbocycles. The zero-order valence-corrected chi connectivity index (χ0v) is 13.3. The Morgan fingerprint density at radius 2 is 1.89 bits per heavy atom. The highest BCUT2D eigenvalue weighted by molar-refractivity contribution is 5.66. The largest absolute Gasteiger partial charge is 1.00 e. The van der Waals surface area contributed by atoms with Crippen molar-refractivity contribution in [3.8, 4) is 0 Å². The van der Waals surface area contributed by atoms with E-state index in [1.807, 2.05) is 23.3 Å². The normalized spacial score (nSPS) is 10.2. The van der Waals surface area contributed by atoms with Crippen LogP contribution in [0, 0.1) is 0 Å². The van der Waals surface area contributed by atoms with Gasteiger partial charge in [0.25, 0.3) is 0 Å². The Labute approximate surface area is 126 Å². The van der Waals surface area contributed by atoms with E-state index in [1.54, 1.807) is 0 Å². The summed E-state index contributed by atoms with van der Waals surface area (Å²) >= 11 is 0. The van der Waals surface area contributed by atoms with Gasteiger partial charge >= 0.3 is 5.97 Å². The summed E-state index contributed by atoms with van der Waals surface area (Å²) in [6, 6.07) is 0. The van der Waals surface area contributed by atoms with E-state index in [0.29, 0.717) is 6.54 Å². The third-order valence-electron chi connectivity index (χ3n) is 3.10. The van der Waals surface area contributed by atoms with Gasteiger partial charge in [-0.1, -0.05) is 32.6 Å². The van der Waals surface area contributed by atoms with E-state index in [9.17, 15) is 4.79 Å². The second-order valence-corrected chi connectivity index (χ2v) is 4.80. The van der Waals surface area contributed by atoms with E-state index >= 15 is 0 Å². The minimum atomic E-state index is -0.744. The van der Waals surface area contributed by atoms with Crippen molar-refractivity contribution in [2.24, 2.45) is 0 Å². The summed E-state index contributed by atoms with van der Waals surface area (Å²) < 4.78 is 4.08. The number of carboxylic acid groups (broad SMARTS) is 1. The van der Waals surface area contributed by atoms with Crippen LogP contribution in [-0.2, 0) is 17.9 Å². The third kappa shape index (κ3) is 8.81. The fraction of sp³-hybridized carbons (Fsp3) is 0.714. The summed E-state index contributed by atoms with van der Waals surface area (Å²) in [6.07, 6.45) is 14.0. The standard InChI is InChI=1S/C14H24N2O2.BrH/c1-2-3-4-5-6-7-9-15-11-12-16(13-15)10-8-14(17)18;/h11-13H,2-10H2,1H3;1H. The van der Waals surface area contributed by atoms with Gasteiger partial charge in [0.15, 0.2) is 0 Å². The Hall–Kier alpha value is -0.840. The lowest BCUT2D eigenvalue weighted by Crippen LogP contribution is -3.00. The number of nitrogens with zero attached hydrogens (tertiary/aromatic N) is 2. The zero-order chi connectivity index (χ0) is 13.2.